The highest BCUT2D eigenvalue weighted by Crippen LogP contribution is 2.15. The summed E-state index contributed by atoms with van der Waals surface area (Å²) in [6, 6.07) is 7.24. The topological polar surface area (TPSA) is 69.6 Å². The summed E-state index contributed by atoms with van der Waals surface area (Å²) in [7, 11) is 0. The van der Waals surface area contributed by atoms with E-state index in [0.29, 0.717) is 0 Å². The fourth-order valence-electron chi connectivity index (χ4n) is 1.12. The molecule has 1 unspecified atom stereocenters. The Balaban J connectivity index is 2.43. The Morgan fingerprint density at radius 3 is 2.53 bits per heavy atom. The lowest BCUT2D eigenvalue weighted by atomic mass is 10.1. The molecule has 1 aromatic carbocycles. The first-order valence-corrected chi connectivity index (χ1v) is 5.25. The lowest BCUT2D eigenvalue weighted by molar-refractivity contribution is -0.136. The van der Waals surface area contributed by atoms with Crippen molar-refractivity contribution in [2.24, 2.45) is 0 Å². The van der Waals surface area contributed by atoms with E-state index in [1.54, 1.807) is 12.1 Å². The van der Waals surface area contributed by atoms with E-state index < -0.39 is 12.1 Å². The SMILES string of the molecule is O=C(O)CNCC(O)c1ccc(Br)cc1. The van der Waals surface area contributed by atoms with Gasteiger partial charge in [-0.15, -0.1) is 0 Å². The average Bonchev–Trinajstić information content (AvgIpc) is 2.18. The number of halogens is 1. The molecule has 0 fully saturated rings. The van der Waals surface area contributed by atoms with Gasteiger partial charge >= 0.3 is 5.97 Å². The molecule has 1 atom stereocenters. The molecule has 1 aromatic rings. The summed E-state index contributed by atoms with van der Waals surface area (Å²) in [5.74, 6) is -0.932. The van der Waals surface area contributed by atoms with Crippen molar-refractivity contribution in [3.05, 3.63) is 34.3 Å². The van der Waals surface area contributed by atoms with Gasteiger partial charge in [-0.25, -0.2) is 0 Å². The van der Waals surface area contributed by atoms with Gasteiger partial charge in [0.25, 0.3) is 0 Å². The van der Waals surface area contributed by atoms with Gasteiger partial charge in [0.1, 0.15) is 0 Å². The second-order valence-corrected chi connectivity index (χ2v) is 4.01. The van der Waals surface area contributed by atoms with Crippen LogP contribution in [-0.4, -0.2) is 29.3 Å². The van der Waals surface area contributed by atoms with Crippen LogP contribution in [0.4, 0.5) is 0 Å². The lowest BCUT2D eigenvalue weighted by Crippen LogP contribution is -2.27. The molecule has 5 heteroatoms. The normalized spacial score (nSPS) is 12.4. The van der Waals surface area contributed by atoms with Crippen LogP contribution in [0.25, 0.3) is 0 Å². The van der Waals surface area contributed by atoms with Gasteiger partial charge in [0, 0.05) is 11.0 Å². The van der Waals surface area contributed by atoms with Crippen LogP contribution < -0.4 is 5.32 Å². The predicted octanol–water partition coefficient (Wildman–Crippen LogP) is 1.16. The fourth-order valence-corrected chi connectivity index (χ4v) is 1.38. The van der Waals surface area contributed by atoms with Crippen molar-refractivity contribution in [2.75, 3.05) is 13.1 Å². The van der Waals surface area contributed by atoms with Gasteiger partial charge in [-0.05, 0) is 17.7 Å². The van der Waals surface area contributed by atoms with Crippen LogP contribution in [0.3, 0.4) is 0 Å². The van der Waals surface area contributed by atoms with Crippen LogP contribution in [0.5, 0.6) is 0 Å². The first-order chi connectivity index (χ1) is 7.09. The summed E-state index contributed by atoms with van der Waals surface area (Å²) in [6.07, 6.45) is -0.683. The molecule has 3 N–H and O–H groups in total. The Hall–Kier alpha value is -0.910. The summed E-state index contributed by atoms with van der Waals surface area (Å²) in [5.41, 5.74) is 0.760. The number of carbonyl (C=O) groups is 1. The lowest BCUT2D eigenvalue weighted by Gasteiger charge is -2.11. The Kier molecular flexibility index (Phi) is 4.74. The molecule has 0 radical (unpaired) electrons. The fraction of sp³-hybridized carbons (Fsp3) is 0.300. The number of carboxylic acid groups (broad SMARTS) is 1. The molecule has 4 nitrogen and oxygen atoms in total. The number of nitrogens with one attached hydrogen (secondary N) is 1. The first kappa shape index (κ1) is 12.2. The molecule has 82 valence electrons. The Labute approximate surface area is 96.1 Å². The number of hydrogen-bond acceptors (Lipinski definition) is 3. The minimum absolute atomic E-state index is 0.145. The molecule has 1 rings (SSSR count). The van der Waals surface area contributed by atoms with Crippen LogP contribution in [0, 0.1) is 0 Å². The number of rotatable bonds is 5. The van der Waals surface area contributed by atoms with Gasteiger partial charge in [-0.3, -0.25) is 4.79 Å². The zero-order chi connectivity index (χ0) is 11.3. The highest BCUT2D eigenvalue weighted by atomic mass is 79.9. The third-order valence-electron chi connectivity index (χ3n) is 1.87. The van der Waals surface area contributed by atoms with Gasteiger partial charge in [0.15, 0.2) is 0 Å². The van der Waals surface area contributed by atoms with E-state index in [0.717, 1.165) is 10.0 Å². The zero-order valence-electron chi connectivity index (χ0n) is 7.98. The van der Waals surface area contributed by atoms with E-state index in [2.05, 4.69) is 21.2 Å². The third kappa shape index (κ3) is 4.42. The van der Waals surface area contributed by atoms with Crippen molar-refractivity contribution < 1.29 is 15.0 Å². The maximum Gasteiger partial charge on any atom is 0.317 e. The summed E-state index contributed by atoms with van der Waals surface area (Å²) in [6.45, 7) is 0.0848. The molecule has 0 amide bonds. The minimum Gasteiger partial charge on any atom is -0.480 e. The van der Waals surface area contributed by atoms with E-state index in [1.165, 1.54) is 0 Å². The minimum atomic E-state index is -0.932. The van der Waals surface area contributed by atoms with Crippen molar-refractivity contribution >= 4 is 21.9 Å². The second-order valence-electron chi connectivity index (χ2n) is 3.09. The zero-order valence-corrected chi connectivity index (χ0v) is 9.57. The number of hydrogen-bond donors (Lipinski definition) is 3. The van der Waals surface area contributed by atoms with Crippen LogP contribution in [0.15, 0.2) is 28.7 Å². The highest BCUT2D eigenvalue weighted by Gasteiger charge is 2.07. The smallest absolute Gasteiger partial charge is 0.317 e. The van der Waals surface area contributed by atoms with Crippen LogP contribution in [0.1, 0.15) is 11.7 Å². The number of benzene rings is 1. The van der Waals surface area contributed by atoms with Crippen LogP contribution in [0.2, 0.25) is 0 Å². The molecule has 0 aliphatic heterocycles. The maximum atomic E-state index is 10.2. The second kappa shape index (κ2) is 5.85. The van der Waals surface area contributed by atoms with Crippen LogP contribution in [-0.2, 0) is 4.79 Å². The summed E-state index contributed by atoms with van der Waals surface area (Å²) >= 11 is 3.29. The molecular formula is C10H12BrNO3. The maximum absolute atomic E-state index is 10.2. The van der Waals surface area contributed by atoms with Gasteiger partial charge in [-0.2, -0.15) is 0 Å². The van der Waals surface area contributed by atoms with Crippen molar-refractivity contribution in [1.29, 1.82) is 0 Å². The standard InChI is InChI=1S/C10H12BrNO3/c11-8-3-1-7(2-4-8)9(13)5-12-6-10(14)15/h1-4,9,12-13H,5-6H2,(H,14,15). The number of aliphatic hydroxyl groups excluding tert-OH is 1. The van der Waals surface area contributed by atoms with E-state index >= 15 is 0 Å². The predicted molar refractivity (Wildman–Crippen MR) is 59.6 cm³/mol. The Morgan fingerprint density at radius 2 is 2.00 bits per heavy atom. The summed E-state index contributed by atoms with van der Waals surface area (Å²) in [5, 5.41) is 20.7. The quantitative estimate of drug-likeness (QED) is 0.753. The molecule has 0 aromatic heterocycles. The average molecular weight is 274 g/mol. The number of carboxylic acids is 1. The Bertz CT molecular complexity index is 326. The summed E-state index contributed by atoms with van der Waals surface area (Å²) in [4.78, 5) is 10.2. The number of aliphatic hydroxyl groups is 1. The van der Waals surface area contributed by atoms with E-state index in [-0.39, 0.29) is 13.1 Å². The molecule has 0 spiro atoms. The largest absolute Gasteiger partial charge is 0.480 e. The van der Waals surface area contributed by atoms with E-state index in [1.807, 2.05) is 12.1 Å². The first-order valence-electron chi connectivity index (χ1n) is 4.45. The number of aliphatic carboxylic acids is 1. The van der Waals surface area contributed by atoms with E-state index in [9.17, 15) is 9.90 Å². The van der Waals surface area contributed by atoms with Crippen molar-refractivity contribution in [3.8, 4) is 0 Å². The van der Waals surface area contributed by atoms with Gasteiger partial charge in [0.05, 0.1) is 12.6 Å². The van der Waals surface area contributed by atoms with Crippen molar-refractivity contribution in [1.82, 2.24) is 5.32 Å². The monoisotopic (exact) mass is 273 g/mol. The molecule has 0 saturated carbocycles. The van der Waals surface area contributed by atoms with Gasteiger partial charge in [0.2, 0.25) is 0 Å². The highest BCUT2D eigenvalue weighted by molar-refractivity contribution is 9.10. The van der Waals surface area contributed by atoms with Crippen LogP contribution >= 0.6 is 15.9 Å². The molecule has 0 heterocycles. The Morgan fingerprint density at radius 1 is 1.40 bits per heavy atom. The molecule has 15 heavy (non-hydrogen) atoms. The third-order valence-corrected chi connectivity index (χ3v) is 2.40. The van der Waals surface area contributed by atoms with Crippen molar-refractivity contribution in [3.63, 3.8) is 0 Å². The molecule has 0 saturated heterocycles. The van der Waals surface area contributed by atoms with Crippen molar-refractivity contribution in [2.45, 2.75) is 6.10 Å². The molecule has 0 bridgehead atoms. The van der Waals surface area contributed by atoms with E-state index in [4.69, 9.17) is 5.11 Å². The van der Waals surface area contributed by atoms with Gasteiger partial charge < -0.3 is 15.5 Å². The summed E-state index contributed by atoms with van der Waals surface area (Å²) < 4.78 is 0.942. The molecule has 0 aliphatic rings. The molecule has 0 aliphatic carbocycles. The molecular weight excluding hydrogens is 262 g/mol. The van der Waals surface area contributed by atoms with Gasteiger partial charge in [-0.1, -0.05) is 28.1 Å².